The van der Waals surface area contributed by atoms with Gasteiger partial charge in [0.1, 0.15) is 0 Å². The van der Waals surface area contributed by atoms with Crippen molar-refractivity contribution in [3.63, 3.8) is 0 Å². The molecule has 2 heterocycles. The zero-order valence-corrected chi connectivity index (χ0v) is 14.6. The molecule has 1 fully saturated rings. The van der Waals surface area contributed by atoms with Crippen LogP contribution in [0, 0.1) is 0 Å². The monoisotopic (exact) mass is 422 g/mol. The van der Waals surface area contributed by atoms with Crippen LogP contribution in [0.3, 0.4) is 0 Å². The van der Waals surface area contributed by atoms with Gasteiger partial charge in [-0.25, -0.2) is 0 Å². The number of hydrogen-bond acceptors (Lipinski definition) is 5. The largest absolute Gasteiger partial charge is 0.294 e. The zero-order valence-electron chi connectivity index (χ0n) is 10.6. The van der Waals surface area contributed by atoms with Gasteiger partial charge in [0.05, 0.1) is 26.7 Å². The molecule has 1 aliphatic heterocycles. The molecular weight excluding hydrogens is 412 g/mol. The summed E-state index contributed by atoms with van der Waals surface area (Å²) in [5.74, 6) is -0.806. The number of piperazine rings is 1. The number of thiophene rings is 1. The van der Waals surface area contributed by atoms with Crippen molar-refractivity contribution >= 4 is 60.8 Å². The Labute approximate surface area is 137 Å². The molecule has 1 N–H and O–H groups in total. The maximum atomic E-state index is 12.3. The van der Waals surface area contributed by atoms with E-state index in [9.17, 15) is 14.4 Å². The first-order chi connectivity index (χ1) is 9.42. The van der Waals surface area contributed by atoms with Crippen molar-refractivity contribution in [2.24, 2.45) is 0 Å². The summed E-state index contributed by atoms with van der Waals surface area (Å²) in [6.07, 6.45) is 0.556. The van der Waals surface area contributed by atoms with Crippen LogP contribution in [-0.2, 0) is 9.59 Å². The highest BCUT2D eigenvalue weighted by Crippen LogP contribution is 2.32. The van der Waals surface area contributed by atoms with E-state index < -0.39 is 6.04 Å². The fraction of sp³-hybridized carbons (Fsp3) is 0.417. The van der Waals surface area contributed by atoms with Gasteiger partial charge in [-0.2, -0.15) is 0 Å². The highest BCUT2D eigenvalue weighted by atomic mass is 79.9. The molecule has 8 heteroatoms. The van der Waals surface area contributed by atoms with Gasteiger partial charge in [-0.05, 0) is 44.3 Å². The smallest absolute Gasteiger partial charge is 0.243 e. The normalized spacial score (nSPS) is 20.1. The van der Waals surface area contributed by atoms with Crippen LogP contribution in [0.4, 0.5) is 0 Å². The van der Waals surface area contributed by atoms with Crippen LogP contribution >= 0.6 is 43.2 Å². The van der Waals surface area contributed by atoms with Gasteiger partial charge in [-0.3, -0.25) is 24.6 Å². The zero-order chi connectivity index (χ0) is 14.9. The molecule has 0 spiro atoms. The van der Waals surface area contributed by atoms with E-state index in [1.54, 1.807) is 11.0 Å². The SMILES string of the molecule is CCC1C(=O)NC(=O)CN1CC(=O)c1cc(Br)sc1Br. The number of nitrogens with zero attached hydrogens (tertiary/aromatic N) is 1. The summed E-state index contributed by atoms with van der Waals surface area (Å²) in [5.41, 5.74) is 0.565. The van der Waals surface area contributed by atoms with Crippen LogP contribution in [0.15, 0.2) is 13.6 Å². The Bertz CT molecular complexity index is 573. The minimum atomic E-state index is -0.433. The Morgan fingerprint density at radius 1 is 1.50 bits per heavy atom. The van der Waals surface area contributed by atoms with Crippen molar-refractivity contribution in [2.45, 2.75) is 19.4 Å². The average Bonchev–Trinajstić information content (AvgIpc) is 2.68. The Hall–Kier alpha value is -0.570. The lowest BCUT2D eigenvalue weighted by atomic mass is 10.1. The summed E-state index contributed by atoms with van der Waals surface area (Å²) in [6, 6.07) is 1.31. The average molecular weight is 424 g/mol. The maximum Gasteiger partial charge on any atom is 0.243 e. The van der Waals surface area contributed by atoms with Crippen LogP contribution in [0.25, 0.3) is 0 Å². The second kappa shape index (κ2) is 6.46. The minimum absolute atomic E-state index is 0.0550. The van der Waals surface area contributed by atoms with E-state index >= 15 is 0 Å². The van der Waals surface area contributed by atoms with E-state index in [1.165, 1.54) is 11.3 Å². The first-order valence-electron chi connectivity index (χ1n) is 5.98. The van der Waals surface area contributed by atoms with Gasteiger partial charge >= 0.3 is 0 Å². The van der Waals surface area contributed by atoms with Gasteiger partial charge in [0.15, 0.2) is 5.78 Å². The number of amides is 2. The fourth-order valence-electron chi connectivity index (χ4n) is 2.13. The predicted molar refractivity (Wildman–Crippen MR) is 82.9 cm³/mol. The molecule has 1 aromatic rings. The lowest BCUT2D eigenvalue weighted by Crippen LogP contribution is -2.58. The summed E-state index contributed by atoms with van der Waals surface area (Å²) in [6.45, 7) is 1.98. The standard InChI is InChI=1S/C12H12Br2N2O3S/c1-2-7-12(19)15-10(18)5-16(7)4-8(17)6-3-9(13)20-11(6)14/h3,7H,2,4-5H2,1H3,(H,15,18,19). The number of carbonyl (C=O) groups excluding carboxylic acids is 3. The van der Waals surface area contributed by atoms with E-state index in [1.807, 2.05) is 6.92 Å². The maximum absolute atomic E-state index is 12.3. The van der Waals surface area contributed by atoms with E-state index in [-0.39, 0.29) is 30.7 Å². The minimum Gasteiger partial charge on any atom is -0.294 e. The van der Waals surface area contributed by atoms with E-state index in [0.29, 0.717) is 12.0 Å². The summed E-state index contributed by atoms with van der Waals surface area (Å²) in [7, 11) is 0. The lowest BCUT2D eigenvalue weighted by molar-refractivity contribution is -0.139. The van der Waals surface area contributed by atoms with E-state index in [4.69, 9.17) is 0 Å². The second-order valence-electron chi connectivity index (χ2n) is 4.40. The molecule has 1 aliphatic rings. The number of ketones is 1. The molecule has 0 aliphatic carbocycles. The third kappa shape index (κ3) is 3.36. The van der Waals surface area contributed by atoms with Crippen molar-refractivity contribution in [3.05, 3.63) is 19.2 Å². The predicted octanol–water partition coefficient (Wildman–Crippen LogP) is 2.19. The van der Waals surface area contributed by atoms with Crippen LogP contribution < -0.4 is 5.32 Å². The highest BCUT2D eigenvalue weighted by molar-refractivity contribution is 9.12. The molecule has 0 bridgehead atoms. The number of halogens is 2. The number of carbonyl (C=O) groups is 3. The van der Waals surface area contributed by atoms with Crippen molar-refractivity contribution in [1.29, 1.82) is 0 Å². The lowest BCUT2D eigenvalue weighted by Gasteiger charge is -2.32. The van der Waals surface area contributed by atoms with Gasteiger partial charge in [0.25, 0.3) is 0 Å². The Morgan fingerprint density at radius 3 is 2.75 bits per heavy atom. The number of rotatable bonds is 4. The molecule has 0 radical (unpaired) electrons. The van der Waals surface area contributed by atoms with Gasteiger partial charge in [-0.1, -0.05) is 6.92 Å². The third-order valence-corrected chi connectivity index (χ3v) is 5.38. The van der Waals surface area contributed by atoms with Crippen molar-refractivity contribution < 1.29 is 14.4 Å². The third-order valence-electron chi connectivity index (χ3n) is 3.04. The van der Waals surface area contributed by atoms with Crippen molar-refractivity contribution in [2.75, 3.05) is 13.1 Å². The second-order valence-corrected chi connectivity index (χ2v) is 8.15. The number of hydrogen-bond donors (Lipinski definition) is 1. The molecular formula is C12H12Br2N2O3S. The summed E-state index contributed by atoms with van der Waals surface area (Å²) in [4.78, 5) is 37.1. The molecule has 0 saturated carbocycles. The Morgan fingerprint density at radius 2 is 2.20 bits per heavy atom. The molecule has 1 atom stereocenters. The molecule has 2 rings (SSSR count). The van der Waals surface area contributed by atoms with Crippen molar-refractivity contribution in [1.82, 2.24) is 10.2 Å². The Kier molecular flexibility index (Phi) is 5.11. The van der Waals surface area contributed by atoms with Crippen LogP contribution in [0.5, 0.6) is 0 Å². The van der Waals surface area contributed by atoms with Gasteiger partial charge < -0.3 is 0 Å². The molecule has 1 aromatic heterocycles. The molecule has 1 saturated heterocycles. The van der Waals surface area contributed by atoms with Crippen LogP contribution in [0.2, 0.25) is 0 Å². The quantitative estimate of drug-likeness (QED) is 0.595. The topological polar surface area (TPSA) is 66.5 Å². The first kappa shape index (κ1) is 15.8. The van der Waals surface area contributed by atoms with E-state index in [0.717, 1.165) is 7.57 Å². The molecule has 5 nitrogen and oxygen atoms in total. The van der Waals surface area contributed by atoms with E-state index in [2.05, 4.69) is 37.2 Å². The summed E-state index contributed by atoms with van der Waals surface area (Å²) >= 11 is 8.08. The fourth-order valence-corrected chi connectivity index (χ4v) is 4.99. The molecule has 1 unspecified atom stereocenters. The van der Waals surface area contributed by atoms with Crippen LogP contribution in [-0.4, -0.2) is 41.6 Å². The molecule has 2 amide bonds. The molecule has 108 valence electrons. The number of Topliss-reactive ketones (excluding diaryl/α,β-unsaturated/α-hetero) is 1. The van der Waals surface area contributed by atoms with Crippen molar-refractivity contribution in [3.8, 4) is 0 Å². The van der Waals surface area contributed by atoms with Crippen LogP contribution in [0.1, 0.15) is 23.7 Å². The number of nitrogens with one attached hydrogen (secondary N) is 1. The van der Waals surface area contributed by atoms with Gasteiger partial charge in [0.2, 0.25) is 11.8 Å². The number of imide groups is 1. The summed E-state index contributed by atoms with van der Waals surface area (Å²) in [5, 5.41) is 2.29. The summed E-state index contributed by atoms with van der Waals surface area (Å²) < 4.78 is 1.60. The molecule has 0 aromatic carbocycles. The van der Waals surface area contributed by atoms with Gasteiger partial charge in [-0.15, -0.1) is 11.3 Å². The highest BCUT2D eigenvalue weighted by Gasteiger charge is 2.33. The molecule has 20 heavy (non-hydrogen) atoms. The Balaban J connectivity index is 2.15. The first-order valence-corrected chi connectivity index (χ1v) is 8.38. The van der Waals surface area contributed by atoms with Gasteiger partial charge in [0, 0.05) is 5.56 Å².